The van der Waals surface area contributed by atoms with E-state index in [1.54, 1.807) is 40.7 Å². The molecule has 0 bridgehead atoms. The molecule has 4 aromatic rings. The van der Waals surface area contributed by atoms with Gasteiger partial charge in [0.1, 0.15) is 0 Å². The van der Waals surface area contributed by atoms with Gasteiger partial charge in [0.15, 0.2) is 0 Å². The number of rotatable bonds is 7. The summed E-state index contributed by atoms with van der Waals surface area (Å²) in [7, 11) is -3.51. The summed E-state index contributed by atoms with van der Waals surface area (Å²) in [5, 5.41) is 21.0. The van der Waals surface area contributed by atoms with Crippen molar-refractivity contribution in [2.45, 2.75) is 50.5 Å². The Kier molecular flexibility index (Phi) is 7.65. The number of aromatic nitrogens is 1. The molecule has 2 aliphatic rings. The molecular weight excluding hydrogens is 571 g/mol. The van der Waals surface area contributed by atoms with Crippen molar-refractivity contribution >= 4 is 37.9 Å². The predicted octanol–water partition coefficient (Wildman–Crippen LogP) is 6.87. The lowest BCUT2D eigenvalue weighted by molar-refractivity contribution is -0.384. The summed E-state index contributed by atoms with van der Waals surface area (Å²) in [5.41, 5.74) is 6.53. The van der Waals surface area contributed by atoms with E-state index in [1.807, 2.05) is 23.4 Å². The second-order valence-electron chi connectivity index (χ2n) is 10.8. The molecule has 1 aromatic heterocycles. The van der Waals surface area contributed by atoms with Gasteiger partial charge in [-0.2, -0.15) is 9.41 Å². The highest BCUT2D eigenvalue weighted by molar-refractivity contribution is 7.89. The number of sulfonamides is 1. The third-order valence-electron chi connectivity index (χ3n) is 7.87. The van der Waals surface area contributed by atoms with Crippen LogP contribution in [-0.4, -0.2) is 41.4 Å². The molecule has 42 heavy (non-hydrogen) atoms. The molecule has 1 atom stereocenters. The fourth-order valence-electron chi connectivity index (χ4n) is 5.56. The van der Waals surface area contributed by atoms with Crippen LogP contribution < -0.4 is 5.01 Å². The quantitative estimate of drug-likeness (QED) is 0.169. The van der Waals surface area contributed by atoms with Crippen LogP contribution in [0.5, 0.6) is 0 Å². The van der Waals surface area contributed by atoms with Crippen LogP contribution in [0.2, 0.25) is 0 Å². The van der Waals surface area contributed by atoms with Gasteiger partial charge in [-0.1, -0.05) is 48.4 Å². The summed E-state index contributed by atoms with van der Waals surface area (Å²) in [6.45, 7) is 5.22. The molecule has 1 fully saturated rings. The van der Waals surface area contributed by atoms with Gasteiger partial charge < -0.3 is 0 Å². The first kappa shape index (κ1) is 28.2. The van der Waals surface area contributed by atoms with Crippen molar-refractivity contribution in [2.24, 2.45) is 5.10 Å². The smallest absolute Gasteiger partial charge is 0.258 e. The zero-order valence-electron chi connectivity index (χ0n) is 23.4. The number of thiazole rings is 1. The van der Waals surface area contributed by atoms with E-state index >= 15 is 0 Å². The van der Waals surface area contributed by atoms with Crippen LogP contribution in [0.25, 0.3) is 11.3 Å². The van der Waals surface area contributed by atoms with E-state index < -0.39 is 10.0 Å². The van der Waals surface area contributed by atoms with Gasteiger partial charge in [-0.15, -0.1) is 11.3 Å². The summed E-state index contributed by atoms with van der Waals surface area (Å²) in [6, 6.07) is 19.6. The molecule has 3 heterocycles. The van der Waals surface area contributed by atoms with Gasteiger partial charge in [0.25, 0.3) is 5.69 Å². The Morgan fingerprint density at radius 3 is 2.48 bits per heavy atom. The molecule has 9 nitrogen and oxygen atoms in total. The molecule has 2 aliphatic heterocycles. The Bertz CT molecular complexity index is 1780. The SMILES string of the molecule is Cc1ccc(C)c(C2=NN(c3nc(-c4ccc(S(=O)(=O)N5CCCCC5)cc4)cs3)[C@H](c3cccc([N+](=O)[O-])c3)C2)c1. The monoisotopic (exact) mass is 601 g/mol. The van der Waals surface area contributed by atoms with Crippen molar-refractivity contribution in [1.29, 1.82) is 0 Å². The number of non-ortho nitro benzene ring substituents is 1. The van der Waals surface area contributed by atoms with Crippen LogP contribution in [-0.2, 0) is 10.0 Å². The number of hydrazone groups is 1. The van der Waals surface area contributed by atoms with E-state index in [1.165, 1.54) is 17.4 Å². The maximum Gasteiger partial charge on any atom is 0.269 e. The lowest BCUT2D eigenvalue weighted by atomic mass is 9.95. The van der Waals surface area contributed by atoms with Crippen LogP contribution in [0.4, 0.5) is 10.8 Å². The Morgan fingerprint density at radius 2 is 1.74 bits per heavy atom. The molecule has 11 heteroatoms. The molecule has 0 radical (unpaired) electrons. The van der Waals surface area contributed by atoms with Crippen molar-refractivity contribution < 1.29 is 13.3 Å². The first-order valence-electron chi connectivity index (χ1n) is 14.0. The first-order chi connectivity index (χ1) is 20.2. The largest absolute Gasteiger partial charge is 0.269 e. The Morgan fingerprint density at radius 1 is 0.976 bits per heavy atom. The number of piperidine rings is 1. The lowest BCUT2D eigenvalue weighted by Gasteiger charge is -2.25. The van der Waals surface area contributed by atoms with Crippen LogP contribution in [0, 0.1) is 24.0 Å². The number of nitro groups is 1. The third-order valence-corrected chi connectivity index (χ3v) is 10.6. The molecule has 3 aromatic carbocycles. The highest BCUT2D eigenvalue weighted by Gasteiger charge is 2.33. The third kappa shape index (κ3) is 5.47. The number of hydrogen-bond acceptors (Lipinski definition) is 8. The van der Waals surface area contributed by atoms with Crippen LogP contribution in [0.1, 0.15) is 54.0 Å². The van der Waals surface area contributed by atoms with E-state index in [9.17, 15) is 18.5 Å². The summed E-state index contributed by atoms with van der Waals surface area (Å²) in [4.78, 5) is 16.3. The van der Waals surface area contributed by atoms with Gasteiger partial charge in [0.05, 0.1) is 27.3 Å². The van der Waals surface area contributed by atoms with E-state index in [0.717, 1.165) is 52.8 Å². The minimum atomic E-state index is -3.51. The first-order valence-corrected chi connectivity index (χ1v) is 16.3. The zero-order valence-corrected chi connectivity index (χ0v) is 25.1. The van der Waals surface area contributed by atoms with E-state index in [4.69, 9.17) is 10.1 Å². The molecule has 0 amide bonds. The molecule has 0 N–H and O–H groups in total. The summed E-state index contributed by atoms with van der Waals surface area (Å²) < 4.78 is 27.8. The number of anilines is 1. The van der Waals surface area contributed by atoms with Crippen molar-refractivity contribution in [1.82, 2.24) is 9.29 Å². The van der Waals surface area contributed by atoms with Crippen molar-refractivity contribution in [2.75, 3.05) is 18.1 Å². The summed E-state index contributed by atoms with van der Waals surface area (Å²) >= 11 is 1.43. The van der Waals surface area contributed by atoms with Crippen molar-refractivity contribution in [3.8, 4) is 11.3 Å². The van der Waals surface area contributed by atoms with Crippen LogP contribution in [0.15, 0.2) is 82.1 Å². The number of aryl methyl sites for hydroxylation is 2. The van der Waals surface area contributed by atoms with E-state index in [0.29, 0.717) is 30.3 Å². The second-order valence-corrected chi connectivity index (χ2v) is 13.6. The van der Waals surface area contributed by atoms with Gasteiger partial charge in [0.2, 0.25) is 15.2 Å². The predicted molar refractivity (Wildman–Crippen MR) is 166 cm³/mol. The van der Waals surface area contributed by atoms with Crippen LogP contribution >= 0.6 is 11.3 Å². The Labute approximate surface area is 249 Å². The maximum absolute atomic E-state index is 13.1. The fraction of sp³-hybridized carbons (Fsp3) is 0.290. The molecular formula is C31H31N5O4S2. The molecule has 0 unspecified atom stereocenters. The Hall–Kier alpha value is -3.93. The fourth-order valence-corrected chi connectivity index (χ4v) is 7.91. The van der Waals surface area contributed by atoms with Gasteiger partial charge in [-0.3, -0.25) is 10.1 Å². The topological polar surface area (TPSA) is 109 Å². The molecule has 1 saturated heterocycles. The second kappa shape index (κ2) is 11.4. The minimum absolute atomic E-state index is 0.0343. The maximum atomic E-state index is 13.1. The van der Waals surface area contributed by atoms with Gasteiger partial charge in [0, 0.05) is 48.2 Å². The molecule has 0 aliphatic carbocycles. The van der Waals surface area contributed by atoms with Gasteiger partial charge >= 0.3 is 0 Å². The average Bonchev–Trinajstić information content (AvgIpc) is 3.67. The lowest BCUT2D eigenvalue weighted by Crippen LogP contribution is -2.35. The average molecular weight is 602 g/mol. The van der Waals surface area contributed by atoms with Gasteiger partial charge in [-0.05, 0) is 56.0 Å². The molecule has 0 saturated carbocycles. The standard InChI is InChI=1S/C31H31N5O4S2/c1-21-9-10-22(2)27(17-21)28-19-30(24-7-6-8-25(18-24)36(37)38)35(33-28)31-32-29(20-41-31)23-11-13-26(14-12-23)42(39,40)34-15-4-3-5-16-34/h6-14,17-18,20,30H,3-5,15-16,19H2,1-2H3/t30-/m0/s1. The van der Waals surface area contributed by atoms with E-state index in [2.05, 4.69) is 25.1 Å². The highest BCUT2D eigenvalue weighted by Crippen LogP contribution is 2.40. The van der Waals surface area contributed by atoms with Crippen molar-refractivity contribution in [3.05, 3.63) is 104 Å². The molecule has 6 rings (SSSR count). The van der Waals surface area contributed by atoms with Crippen molar-refractivity contribution in [3.63, 3.8) is 0 Å². The molecule has 216 valence electrons. The molecule has 0 spiro atoms. The number of benzene rings is 3. The Balaban J connectivity index is 1.33. The number of nitrogens with zero attached hydrogens (tertiary/aromatic N) is 5. The zero-order chi connectivity index (χ0) is 29.4. The van der Waals surface area contributed by atoms with E-state index in [-0.39, 0.29) is 21.5 Å². The highest BCUT2D eigenvalue weighted by atomic mass is 32.2. The van der Waals surface area contributed by atoms with Gasteiger partial charge in [-0.25, -0.2) is 18.4 Å². The number of nitro benzene ring substituents is 1. The summed E-state index contributed by atoms with van der Waals surface area (Å²) in [5.74, 6) is 0. The normalized spacial score (nSPS) is 17.8. The minimum Gasteiger partial charge on any atom is -0.258 e. The number of hydrogen-bond donors (Lipinski definition) is 0. The van der Waals surface area contributed by atoms with Crippen LogP contribution in [0.3, 0.4) is 0 Å². The summed E-state index contributed by atoms with van der Waals surface area (Å²) in [6.07, 6.45) is 3.41.